The molecule has 16 heavy (non-hydrogen) atoms. The molecule has 0 saturated carbocycles. The molecule has 0 atom stereocenters. The van der Waals surface area contributed by atoms with Gasteiger partial charge in [-0.05, 0) is 25.1 Å². The van der Waals surface area contributed by atoms with Crippen molar-refractivity contribution in [3.8, 4) is 11.1 Å². The summed E-state index contributed by atoms with van der Waals surface area (Å²) < 4.78 is 14.6. The molecule has 1 aromatic carbocycles. The number of H-pyrrole nitrogens is 1. The zero-order chi connectivity index (χ0) is 11.7. The lowest BCUT2D eigenvalue weighted by Crippen LogP contribution is -1.99. The Morgan fingerprint density at radius 1 is 1.50 bits per heavy atom. The maximum absolute atomic E-state index is 13.7. The second kappa shape index (κ2) is 4.35. The number of hydrogen-bond acceptors (Lipinski definition) is 2. The number of nitrogens with one attached hydrogen (secondary N) is 1. The summed E-state index contributed by atoms with van der Waals surface area (Å²) >= 11 is 3.32. The van der Waals surface area contributed by atoms with E-state index in [0.29, 0.717) is 11.3 Å². The molecule has 2 rings (SSSR count). The van der Waals surface area contributed by atoms with E-state index in [4.69, 9.17) is 5.73 Å². The van der Waals surface area contributed by atoms with Gasteiger partial charge in [-0.2, -0.15) is 5.10 Å². The molecule has 1 heterocycles. The predicted molar refractivity (Wildman–Crippen MR) is 64.3 cm³/mol. The minimum Gasteiger partial charge on any atom is -0.325 e. The van der Waals surface area contributed by atoms with Crippen LogP contribution in [0.4, 0.5) is 4.39 Å². The SMILES string of the molecule is Cc1[nH]nc(CN)c1-c1cc(Br)ccc1F. The normalized spacial score (nSPS) is 10.8. The van der Waals surface area contributed by atoms with Gasteiger partial charge in [0.15, 0.2) is 0 Å². The van der Waals surface area contributed by atoms with Crippen LogP contribution in [0.15, 0.2) is 22.7 Å². The van der Waals surface area contributed by atoms with Gasteiger partial charge in [0.05, 0.1) is 5.69 Å². The summed E-state index contributed by atoms with van der Waals surface area (Å²) in [6.07, 6.45) is 0. The molecule has 0 fully saturated rings. The number of rotatable bonds is 2. The van der Waals surface area contributed by atoms with E-state index < -0.39 is 0 Å². The Morgan fingerprint density at radius 2 is 2.25 bits per heavy atom. The first-order valence-corrected chi connectivity index (χ1v) is 5.62. The molecule has 0 spiro atoms. The Hall–Kier alpha value is -1.20. The fourth-order valence-corrected chi connectivity index (χ4v) is 2.03. The van der Waals surface area contributed by atoms with E-state index in [9.17, 15) is 4.39 Å². The summed E-state index contributed by atoms with van der Waals surface area (Å²) in [5, 5.41) is 6.87. The highest BCUT2D eigenvalue weighted by atomic mass is 79.9. The first-order chi connectivity index (χ1) is 7.63. The monoisotopic (exact) mass is 283 g/mol. The Balaban J connectivity index is 2.66. The molecule has 0 amide bonds. The van der Waals surface area contributed by atoms with Crippen molar-refractivity contribution in [1.29, 1.82) is 0 Å². The molecule has 0 unspecified atom stereocenters. The average Bonchev–Trinajstić information content (AvgIpc) is 2.63. The van der Waals surface area contributed by atoms with Crippen LogP contribution in [0.2, 0.25) is 0 Å². The van der Waals surface area contributed by atoms with Gasteiger partial charge in [0.2, 0.25) is 0 Å². The lowest BCUT2D eigenvalue weighted by atomic mass is 10.0. The highest BCUT2D eigenvalue weighted by Crippen LogP contribution is 2.30. The molecule has 2 aromatic rings. The third-order valence-electron chi connectivity index (χ3n) is 2.41. The van der Waals surface area contributed by atoms with E-state index >= 15 is 0 Å². The van der Waals surface area contributed by atoms with Crippen molar-refractivity contribution in [1.82, 2.24) is 10.2 Å². The molecule has 0 aliphatic carbocycles. The molecule has 5 heteroatoms. The van der Waals surface area contributed by atoms with Gasteiger partial charge < -0.3 is 5.73 Å². The maximum atomic E-state index is 13.7. The number of hydrogen-bond donors (Lipinski definition) is 2. The summed E-state index contributed by atoms with van der Waals surface area (Å²) in [7, 11) is 0. The smallest absolute Gasteiger partial charge is 0.131 e. The molecule has 3 N–H and O–H groups in total. The quantitative estimate of drug-likeness (QED) is 0.891. The number of benzene rings is 1. The second-order valence-corrected chi connectivity index (χ2v) is 4.41. The summed E-state index contributed by atoms with van der Waals surface area (Å²) in [5.41, 5.74) is 8.33. The van der Waals surface area contributed by atoms with Crippen LogP contribution < -0.4 is 5.73 Å². The van der Waals surface area contributed by atoms with Crippen LogP contribution in [0, 0.1) is 12.7 Å². The van der Waals surface area contributed by atoms with E-state index in [-0.39, 0.29) is 12.4 Å². The van der Waals surface area contributed by atoms with Gasteiger partial charge in [-0.1, -0.05) is 15.9 Å². The zero-order valence-corrected chi connectivity index (χ0v) is 10.3. The van der Waals surface area contributed by atoms with Gasteiger partial charge in [0.1, 0.15) is 5.82 Å². The average molecular weight is 284 g/mol. The van der Waals surface area contributed by atoms with Gasteiger partial charge in [-0.3, -0.25) is 5.10 Å². The van der Waals surface area contributed by atoms with Crippen molar-refractivity contribution in [3.05, 3.63) is 39.9 Å². The maximum Gasteiger partial charge on any atom is 0.131 e. The molecular formula is C11H11BrFN3. The number of nitrogens with zero attached hydrogens (tertiary/aromatic N) is 1. The summed E-state index contributed by atoms with van der Waals surface area (Å²) in [5.74, 6) is -0.276. The number of nitrogens with two attached hydrogens (primary N) is 1. The Morgan fingerprint density at radius 3 is 2.94 bits per heavy atom. The standard InChI is InChI=1S/C11H11BrFN3/c1-6-11(10(5-14)16-15-6)8-4-7(12)2-3-9(8)13/h2-4H,5,14H2,1H3,(H,15,16). The Labute approximate surface area is 101 Å². The molecule has 84 valence electrons. The minimum atomic E-state index is -0.276. The summed E-state index contributed by atoms with van der Waals surface area (Å²) in [4.78, 5) is 0. The van der Waals surface area contributed by atoms with Crippen LogP contribution in [0.1, 0.15) is 11.4 Å². The zero-order valence-electron chi connectivity index (χ0n) is 8.72. The molecule has 0 aliphatic rings. The summed E-state index contributed by atoms with van der Waals surface area (Å²) in [6, 6.07) is 4.81. The molecule has 3 nitrogen and oxygen atoms in total. The topological polar surface area (TPSA) is 54.7 Å². The van der Waals surface area contributed by atoms with E-state index in [0.717, 1.165) is 15.7 Å². The van der Waals surface area contributed by atoms with Crippen molar-refractivity contribution in [3.63, 3.8) is 0 Å². The van der Waals surface area contributed by atoms with Crippen LogP contribution in [0.5, 0.6) is 0 Å². The van der Waals surface area contributed by atoms with Crippen molar-refractivity contribution < 1.29 is 4.39 Å². The highest BCUT2D eigenvalue weighted by Gasteiger charge is 2.15. The Kier molecular flexibility index (Phi) is 3.07. The molecular weight excluding hydrogens is 273 g/mol. The molecule has 0 radical (unpaired) electrons. The Bertz CT molecular complexity index is 522. The van der Waals surface area contributed by atoms with Crippen molar-refractivity contribution in [2.75, 3.05) is 0 Å². The van der Waals surface area contributed by atoms with Crippen LogP contribution in [0.3, 0.4) is 0 Å². The van der Waals surface area contributed by atoms with E-state index in [1.165, 1.54) is 6.07 Å². The third kappa shape index (κ3) is 1.88. The fraction of sp³-hybridized carbons (Fsp3) is 0.182. The van der Waals surface area contributed by atoms with Gasteiger partial charge >= 0.3 is 0 Å². The third-order valence-corrected chi connectivity index (χ3v) is 2.91. The van der Waals surface area contributed by atoms with Gasteiger partial charge in [0, 0.05) is 27.8 Å². The van der Waals surface area contributed by atoms with Gasteiger partial charge in [0.25, 0.3) is 0 Å². The highest BCUT2D eigenvalue weighted by molar-refractivity contribution is 9.10. The summed E-state index contributed by atoms with van der Waals surface area (Å²) in [6.45, 7) is 2.13. The van der Waals surface area contributed by atoms with Crippen molar-refractivity contribution >= 4 is 15.9 Å². The first-order valence-electron chi connectivity index (χ1n) is 4.83. The molecule has 0 saturated heterocycles. The van der Waals surface area contributed by atoms with Gasteiger partial charge in [-0.25, -0.2) is 4.39 Å². The van der Waals surface area contributed by atoms with Crippen molar-refractivity contribution in [2.45, 2.75) is 13.5 Å². The van der Waals surface area contributed by atoms with Crippen LogP contribution in [0.25, 0.3) is 11.1 Å². The van der Waals surface area contributed by atoms with Gasteiger partial charge in [-0.15, -0.1) is 0 Å². The van der Waals surface area contributed by atoms with Crippen molar-refractivity contribution in [2.24, 2.45) is 5.73 Å². The lowest BCUT2D eigenvalue weighted by Gasteiger charge is -2.05. The van der Waals surface area contributed by atoms with Crippen LogP contribution in [-0.4, -0.2) is 10.2 Å². The molecule has 0 bridgehead atoms. The second-order valence-electron chi connectivity index (χ2n) is 3.50. The minimum absolute atomic E-state index is 0.276. The molecule has 0 aliphatic heterocycles. The van der Waals surface area contributed by atoms with E-state index in [2.05, 4.69) is 26.1 Å². The number of aryl methyl sites for hydroxylation is 1. The first kappa shape index (κ1) is 11.3. The number of aromatic nitrogens is 2. The van der Waals surface area contributed by atoms with E-state index in [1.54, 1.807) is 12.1 Å². The number of aromatic amines is 1. The number of halogens is 2. The lowest BCUT2D eigenvalue weighted by molar-refractivity contribution is 0.630. The van der Waals surface area contributed by atoms with Crippen LogP contribution in [-0.2, 0) is 6.54 Å². The molecule has 1 aromatic heterocycles. The van der Waals surface area contributed by atoms with Crippen LogP contribution >= 0.6 is 15.9 Å². The van der Waals surface area contributed by atoms with E-state index in [1.807, 2.05) is 6.92 Å². The fourth-order valence-electron chi connectivity index (χ4n) is 1.67. The predicted octanol–water partition coefficient (Wildman–Crippen LogP) is 2.75. The largest absolute Gasteiger partial charge is 0.325 e.